The predicted molar refractivity (Wildman–Crippen MR) is 113 cm³/mol. The van der Waals surface area contributed by atoms with Crippen molar-refractivity contribution in [1.29, 1.82) is 0 Å². The fraction of sp³-hybridized carbons (Fsp3) is 0.476. The van der Waals surface area contributed by atoms with Gasteiger partial charge in [-0.15, -0.1) is 0 Å². The van der Waals surface area contributed by atoms with Gasteiger partial charge in [0.2, 0.25) is 11.9 Å². The Morgan fingerprint density at radius 2 is 2.07 bits per heavy atom. The van der Waals surface area contributed by atoms with Crippen LogP contribution in [0.5, 0.6) is 0 Å². The lowest BCUT2D eigenvalue weighted by Gasteiger charge is -2.32. The minimum atomic E-state index is -0.0734. The molecule has 2 aromatic rings. The summed E-state index contributed by atoms with van der Waals surface area (Å²) in [5.74, 6) is 1.22. The van der Waals surface area contributed by atoms with E-state index in [2.05, 4.69) is 27.0 Å². The number of halogens is 1. The topological polar surface area (TPSA) is 84.6 Å². The van der Waals surface area contributed by atoms with E-state index >= 15 is 0 Å². The molecule has 1 amide bonds. The molecule has 7 nitrogen and oxygen atoms in total. The SMILES string of the molecule is Cc1cc(N2CCCOCC2c2ccc(C3CCC(=O)N3C)cc2Cl)nc(N)n1. The van der Waals surface area contributed by atoms with E-state index in [1.165, 1.54) is 0 Å². The van der Waals surface area contributed by atoms with E-state index in [1.807, 2.05) is 26.1 Å². The van der Waals surface area contributed by atoms with Crippen molar-refractivity contribution in [3.8, 4) is 0 Å². The first-order valence-corrected chi connectivity index (χ1v) is 10.3. The standard InChI is InChI=1S/C21H26ClN5O2/c1-13-10-19(25-21(23)24-13)27-8-3-9-29-12-18(27)15-5-4-14(11-16(15)22)17-6-7-20(28)26(17)2/h4-5,10-11,17-18H,3,6-9,12H2,1-2H3,(H2,23,24,25). The third-order valence-corrected chi connectivity index (χ3v) is 6.08. The quantitative estimate of drug-likeness (QED) is 0.828. The second-order valence-corrected chi connectivity index (χ2v) is 8.11. The predicted octanol–water partition coefficient (Wildman–Crippen LogP) is 3.28. The fourth-order valence-electron chi connectivity index (χ4n) is 4.25. The van der Waals surface area contributed by atoms with Crippen molar-refractivity contribution in [2.45, 2.75) is 38.3 Å². The summed E-state index contributed by atoms with van der Waals surface area (Å²) in [7, 11) is 1.85. The van der Waals surface area contributed by atoms with E-state index in [4.69, 9.17) is 22.1 Å². The van der Waals surface area contributed by atoms with Gasteiger partial charge in [-0.25, -0.2) is 4.98 Å². The number of hydrogen-bond donors (Lipinski definition) is 1. The lowest BCUT2D eigenvalue weighted by molar-refractivity contribution is -0.127. The average molecular weight is 416 g/mol. The monoisotopic (exact) mass is 415 g/mol. The number of nitrogens with two attached hydrogens (primary N) is 1. The van der Waals surface area contributed by atoms with Crippen LogP contribution in [-0.2, 0) is 9.53 Å². The Morgan fingerprint density at radius 3 is 2.76 bits per heavy atom. The maximum absolute atomic E-state index is 11.9. The van der Waals surface area contributed by atoms with E-state index in [0.717, 1.165) is 42.0 Å². The van der Waals surface area contributed by atoms with Crippen LogP contribution in [0.3, 0.4) is 0 Å². The molecule has 1 aromatic heterocycles. The maximum atomic E-state index is 11.9. The second-order valence-electron chi connectivity index (χ2n) is 7.70. The number of carbonyl (C=O) groups is 1. The number of nitrogens with zero attached hydrogens (tertiary/aromatic N) is 4. The number of anilines is 2. The van der Waals surface area contributed by atoms with Gasteiger partial charge in [0.05, 0.1) is 18.7 Å². The summed E-state index contributed by atoms with van der Waals surface area (Å²) in [5, 5.41) is 0.675. The number of ether oxygens (including phenoxy) is 1. The number of carbonyl (C=O) groups excluding carboxylic acids is 1. The molecule has 0 aliphatic carbocycles. The van der Waals surface area contributed by atoms with E-state index in [1.54, 1.807) is 4.90 Å². The van der Waals surface area contributed by atoms with Crippen LogP contribution in [0.1, 0.15) is 48.2 Å². The minimum absolute atomic E-state index is 0.0734. The lowest BCUT2D eigenvalue weighted by atomic mass is 9.99. The van der Waals surface area contributed by atoms with Gasteiger partial charge in [-0.2, -0.15) is 4.98 Å². The van der Waals surface area contributed by atoms with Crippen LogP contribution in [0.4, 0.5) is 11.8 Å². The highest BCUT2D eigenvalue weighted by Gasteiger charge is 2.31. The molecule has 0 radical (unpaired) electrons. The first-order valence-electron chi connectivity index (χ1n) is 9.94. The first-order chi connectivity index (χ1) is 13.9. The van der Waals surface area contributed by atoms with Gasteiger partial charge >= 0.3 is 0 Å². The van der Waals surface area contributed by atoms with Crippen LogP contribution in [0.15, 0.2) is 24.3 Å². The summed E-state index contributed by atoms with van der Waals surface area (Å²) in [6.45, 7) is 3.91. The molecular formula is C21H26ClN5O2. The van der Waals surface area contributed by atoms with Crippen molar-refractivity contribution in [3.05, 3.63) is 46.1 Å². The van der Waals surface area contributed by atoms with Crippen molar-refractivity contribution in [2.24, 2.45) is 0 Å². The molecule has 0 saturated carbocycles. The molecule has 1 aromatic carbocycles. The molecule has 8 heteroatoms. The van der Waals surface area contributed by atoms with Crippen LogP contribution >= 0.6 is 11.6 Å². The van der Waals surface area contributed by atoms with Gasteiger partial charge in [0.25, 0.3) is 0 Å². The van der Waals surface area contributed by atoms with Crippen molar-refractivity contribution < 1.29 is 9.53 Å². The lowest BCUT2D eigenvalue weighted by Crippen LogP contribution is -2.32. The van der Waals surface area contributed by atoms with Gasteiger partial charge < -0.3 is 20.3 Å². The minimum Gasteiger partial charge on any atom is -0.379 e. The van der Waals surface area contributed by atoms with E-state index in [9.17, 15) is 4.79 Å². The molecule has 4 rings (SSSR count). The summed E-state index contributed by atoms with van der Waals surface area (Å²) >= 11 is 6.75. The Balaban J connectivity index is 1.68. The molecule has 154 valence electrons. The Kier molecular flexibility index (Phi) is 5.61. The van der Waals surface area contributed by atoms with Gasteiger partial charge in [-0.1, -0.05) is 23.7 Å². The highest BCUT2D eigenvalue weighted by atomic mass is 35.5. The van der Waals surface area contributed by atoms with Crippen molar-refractivity contribution in [3.63, 3.8) is 0 Å². The molecule has 2 aliphatic heterocycles. The van der Waals surface area contributed by atoms with Gasteiger partial charge in [0, 0.05) is 43.4 Å². The summed E-state index contributed by atoms with van der Waals surface area (Å²) in [5.41, 5.74) is 8.77. The van der Waals surface area contributed by atoms with Crippen LogP contribution in [0, 0.1) is 6.92 Å². The van der Waals surface area contributed by atoms with Crippen LogP contribution in [0.2, 0.25) is 5.02 Å². The highest BCUT2D eigenvalue weighted by Crippen LogP contribution is 2.37. The highest BCUT2D eigenvalue weighted by molar-refractivity contribution is 6.31. The van der Waals surface area contributed by atoms with Gasteiger partial charge in [-0.05, 0) is 37.0 Å². The zero-order valence-electron chi connectivity index (χ0n) is 16.8. The normalized spacial score (nSPS) is 22.8. The maximum Gasteiger partial charge on any atom is 0.222 e. The summed E-state index contributed by atoms with van der Waals surface area (Å²) < 4.78 is 5.86. The molecule has 2 N–H and O–H groups in total. The number of rotatable bonds is 3. The Bertz CT molecular complexity index is 902. The second kappa shape index (κ2) is 8.16. The molecule has 0 bridgehead atoms. The molecule has 2 unspecified atom stereocenters. The average Bonchev–Trinajstić information content (AvgIpc) is 2.88. The van der Waals surface area contributed by atoms with E-state index in [-0.39, 0.29) is 23.9 Å². The third-order valence-electron chi connectivity index (χ3n) is 5.75. The van der Waals surface area contributed by atoms with E-state index in [0.29, 0.717) is 24.7 Å². The third kappa shape index (κ3) is 4.02. The smallest absolute Gasteiger partial charge is 0.222 e. The summed E-state index contributed by atoms with van der Waals surface area (Å²) in [6, 6.07) is 8.06. The Hall–Kier alpha value is -2.38. The number of hydrogen-bond acceptors (Lipinski definition) is 6. The number of nitrogen functional groups attached to an aromatic ring is 1. The largest absolute Gasteiger partial charge is 0.379 e. The number of aromatic nitrogens is 2. The zero-order chi connectivity index (χ0) is 20.5. The Labute approximate surface area is 175 Å². The number of aryl methyl sites for hydroxylation is 1. The van der Waals surface area contributed by atoms with Gasteiger partial charge in [-0.3, -0.25) is 4.79 Å². The van der Waals surface area contributed by atoms with Crippen LogP contribution in [-0.4, -0.2) is 47.6 Å². The molecule has 2 atom stereocenters. The molecule has 3 heterocycles. The van der Waals surface area contributed by atoms with Crippen LogP contribution in [0.25, 0.3) is 0 Å². The number of likely N-dealkylation sites (tertiary alicyclic amines) is 1. The molecule has 29 heavy (non-hydrogen) atoms. The van der Waals surface area contributed by atoms with Crippen LogP contribution < -0.4 is 10.6 Å². The fourth-order valence-corrected chi connectivity index (χ4v) is 4.56. The molecule has 0 spiro atoms. The summed E-state index contributed by atoms with van der Waals surface area (Å²) in [4.78, 5) is 24.5. The van der Waals surface area contributed by atoms with Gasteiger partial charge in [0.1, 0.15) is 5.82 Å². The van der Waals surface area contributed by atoms with Gasteiger partial charge in [0.15, 0.2) is 0 Å². The number of amides is 1. The summed E-state index contributed by atoms with van der Waals surface area (Å²) in [6.07, 6.45) is 2.30. The molecular weight excluding hydrogens is 390 g/mol. The van der Waals surface area contributed by atoms with E-state index < -0.39 is 0 Å². The zero-order valence-corrected chi connectivity index (χ0v) is 17.5. The first kappa shape index (κ1) is 19.9. The molecule has 2 aliphatic rings. The van der Waals surface area contributed by atoms with Crippen molar-refractivity contribution in [2.75, 3.05) is 37.4 Å². The number of benzene rings is 1. The molecule has 2 fully saturated rings. The molecule has 2 saturated heterocycles. The van der Waals surface area contributed by atoms with Crippen molar-refractivity contribution in [1.82, 2.24) is 14.9 Å². The van der Waals surface area contributed by atoms with Crippen molar-refractivity contribution >= 4 is 29.3 Å². The Morgan fingerprint density at radius 1 is 1.24 bits per heavy atom.